The number of aliphatic hydroxyl groups excluding tert-OH is 2. The molecule has 110 valence electrons. The molecule has 8 heteroatoms. The molecule has 0 saturated carbocycles. The molecule has 0 saturated heterocycles. The summed E-state index contributed by atoms with van der Waals surface area (Å²) in [6.07, 6.45) is -2.24. The molecular formula is C12H14ClNO6. The van der Waals surface area contributed by atoms with E-state index in [-0.39, 0.29) is 22.9 Å². The van der Waals surface area contributed by atoms with Gasteiger partial charge in [-0.1, -0.05) is 11.6 Å². The largest absolute Gasteiger partial charge is 0.465 e. The van der Waals surface area contributed by atoms with E-state index < -0.39 is 24.1 Å². The second kappa shape index (κ2) is 7.18. The number of carbonyl (C=O) groups excluding carboxylic acids is 2. The molecule has 0 radical (unpaired) electrons. The van der Waals surface area contributed by atoms with Gasteiger partial charge in [-0.15, -0.1) is 0 Å². The maximum absolute atomic E-state index is 11.4. The molecule has 1 aromatic rings. The molecule has 1 aromatic heterocycles. The van der Waals surface area contributed by atoms with E-state index in [1.165, 1.54) is 6.07 Å². The van der Waals surface area contributed by atoms with Crippen molar-refractivity contribution in [2.75, 3.05) is 13.7 Å². The van der Waals surface area contributed by atoms with Crippen LogP contribution >= 0.6 is 11.6 Å². The van der Waals surface area contributed by atoms with Crippen molar-refractivity contribution in [2.45, 2.75) is 19.1 Å². The van der Waals surface area contributed by atoms with Crippen molar-refractivity contribution >= 4 is 23.5 Å². The highest BCUT2D eigenvalue weighted by Crippen LogP contribution is 2.22. The standard InChI is InChI=1S/C12H14ClNO6/c1-3-20-12(18)9(16)8(15)6-4-7(11(17)19-2)10(13)14-5-6/h4-5,8-9,15-16H,3H2,1-2H3. The molecule has 2 atom stereocenters. The van der Waals surface area contributed by atoms with Crippen LogP contribution < -0.4 is 0 Å². The van der Waals surface area contributed by atoms with Crippen LogP contribution in [0.5, 0.6) is 0 Å². The van der Waals surface area contributed by atoms with Gasteiger partial charge < -0.3 is 19.7 Å². The SMILES string of the molecule is CCOC(=O)C(O)C(O)c1cnc(Cl)c(C(=O)OC)c1. The highest BCUT2D eigenvalue weighted by atomic mass is 35.5. The summed E-state index contributed by atoms with van der Waals surface area (Å²) in [7, 11) is 1.16. The van der Waals surface area contributed by atoms with Gasteiger partial charge in [0.05, 0.1) is 19.3 Å². The molecule has 0 fully saturated rings. The number of methoxy groups -OCH3 is 1. The van der Waals surface area contributed by atoms with E-state index in [1.54, 1.807) is 6.92 Å². The Balaban J connectivity index is 3.02. The lowest BCUT2D eigenvalue weighted by molar-refractivity contribution is -0.159. The van der Waals surface area contributed by atoms with Crippen LogP contribution in [0.3, 0.4) is 0 Å². The van der Waals surface area contributed by atoms with E-state index in [0.29, 0.717) is 0 Å². The van der Waals surface area contributed by atoms with E-state index in [9.17, 15) is 19.8 Å². The van der Waals surface area contributed by atoms with E-state index >= 15 is 0 Å². The van der Waals surface area contributed by atoms with E-state index in [4.69, 9.17) is 11.6 Å². The number of aromatic nitrogens is 1. The normalized spacial score (nSPS) is 13.4. The van der Waals surface area contributed by atoms with Gasteiger partial charge in [-0.2, -0.15) is 0 Å². The Kier molecular flexibility index (Phi) is 5.87. The van der Waals surface area contributed by atoms with Gasteiger partial charge in [0.1, 0.15) is 11.3 Å². The molecule has 0 bridgehead atoms. The molecule has 2 unspecified atom stereocenters. The van der Waals surface area contributed by atoms with Crippen molar-refractivity contribution in [3.05, 3.63) is 28.5 Å². The molecule has 1 heterocycles. The van der Waals surface area contributed by atoms with Crippen molar-refractivity contribution < 1.29 is 29.3 Å². The first-order valence-corrected chi connectivity index (χ1v) is 6.06. The Morgan fingerprint density at radius 2 is 2.10 bits per heavy atom. The number of rotatable bonds is 5. The van der Waals surface area contributed by atoms with Gasteiger partial charge in [0.15, 0.2) is 6.10 Å². The minimum absolute atomic E-state index is 0.0374. The maximum atomic E-state index is 11.4. The highest BCUT2D eigenvalue weighted by molar-refractivity contribution is 6.32. The third-order valence-electron chi connectivity index (χ3n) is 2.43. The van der Waals surface area contributed by atoms with Crippen LogP contribution in [-0.2, 0) is 14.3 Å². The summed E-state index contributed by atoms with van der Waals surface area (Å²) < 4.78 is 9.08. The number of aliphatic hydroxyl groups is 2. The third kappa shape index (κ3) is 3.66. The zero-order chi connectivity index (χ0) is 15.3. The molecule has 0 aliphatic carbocycles. The Morgan fingerprint density at radius 1 is 1.45 bits per heavy atom. The van der Waals surface area contributed by atoms with Gasteiger partial charge in [0, 0.05) is 11.8 Å². The molecule has 0 amide bonds. The first kappa shape index (κ1) is 16.4. The zero-order valence-corrected chi connectivity index (χ0v) is 11.6. The number of hydrogen-bond donors (Lipinski definition) is 2. The lowest BCUT2D eigenvalue weighted by atomic mass is 10.0. The van der Waals surface area contributed by atoms with Crippen LogP contribution in [0.2, 0.25) is 5.15 Å². The second-order valence-corrected chi connectivity index (χ2v) is 4.10. The van der Waals surface area contributed by atoms with Crippen molar-refractivity contribution in [1.82, 2.24) is 4.98 Å². The monoisotopic (exact) mass is 303 g/mol. The summed E-state index contributed by atoms with van der Waals surface area (Å²) in [5.74, 6) is -1.73. The zero-order valence-electron chi connectivity index (χ0n) is 10.9. The topological polar surface area (TPSA) is 106 Å². The van der Waals surface area contributed by atoms with Gasteiger partial charge >= 0.3 is 11.9 Å². The first-order valence-electron chi connectivity index (χ1n) is 5.68. The van der Waals surface area contributed by atoms with Crippen molar-refractivity contribution in [3.63, 3.8) is 0 Å². The number of nitrogens with zero attached hydrogens (tertiary/aromatic N) is 1. The second-order valence-electron chi connectivity index (χ2n) is 3.74. The molecule has 0 aliphatic heterocycles. The Morgan fingerprint density at radius 3 is 2.65 bits per heavy atom. The molecular weight excluding hydrogens is 290 g/mol. The van der Waals surface area contributed by atoms with E-state index in [0.717, 1.165) is 13.3 Å². The minimum atomic E-state index is -1.79. The van der Waals surface area contributed by atoms with Gasteiger partial charge in [-0.25, -0.2) is 14.6 Å². The number of halogens is 1. The van der Waals surface area contributed by atoms with Gasteiger partial charge in [0.2, 0.25) is 0 Å². The van der Waals surface area contributed by atoms with Crippen LogP contribution in [-0.4, -0.2) is 47.0 Å². The van der Waals surface area contributed by atoms with Crippen molar-refractivity contribution in [3.8, 4) is 0 Å². The lowest BCUT2D eigenvalue weighted by Crippen LogP contribution is -2.30. The minimum Gasteiger partial charge on any atom is -0.465 e. The van der Waals surface area contributed by atoms with Crippen molar-refractivity contribution in [2.24, 2.45) is 0 Å². The predicted molar refractivity (Wildman–Crippen MR) is 68.2 cm³/mol. The van der Waals surface area contributed by atoms with Crippen molar-refractivity contribution in [1.29, 1.82) is 0 Å². The highest BCUT2D eigenvalue weighted by Gasteiger charge is 2.28. The van der Waals surface area contributed by atoms with Crippen LogP contribution in [0, 0.1) is 0 Å². The van der Waals surface area contributed by atoms with E-state index in [1.807, 2.05) is 0 Å². The summed E-state index contributed by atoms with van der Waals surface area (Å²) in [5.41, 5.74) is -0.0443. The van der Waals surface area contributed by atoms with Crippen LogP contribution in [0.1, 0.15) is 28.9 Å². The van der Waals surface area contributed by atoms with E-state index in [2.05, 4.69) is 14.5 Å². The molecule has 0 aliphatic rings. The first-order chi connectivity index (χ1) is 9.42. The fourth-order valence-electron chi connectivity index (χ4n) is 1.42. The molecule has 0 aromatic carbocycles. The number of carbonyl (C=O) groups is 2. The summed E-state index contributed by atoms with van der Waals surface area (Å²) in [6.45, 7) is 1.63. The van der Waals surface area contributed by atoms with Crippen LogP contribution in [0.4, 0.5) is 0 Å². The summed E-state index contributed by atoms with van der Waals surface area (Å²) >= 11 is 5.72. The summed E-state index contributed by atoms with van der Waals surface area (Å²) in [4.78, 5) is 26.5. The molecule has 0 spiro atoms. The summed E-state index contributed by atoms with van der Waals surface area (Å²) in [5, 5.41) is 19.4. The number of hydrogen-bond acceptors (Lipinski definition) is 7. The smallest absolute Gasteiger partial charge is 0.341 e. The number of ether oxygens (including phenoxy) is 2. The number of esters is 2. The van der Waals surface area contributed by atoms with Gasteiger partial charge in [0.25, 0.3) is 0 Å². The van der Waals surface area contributed by atoms with Gasteiger partial charge in [-0.05, 0) is 13.0 Å². The Bertz CT molecular complexity index is 507. The Hall–Kier alpha value is -1.70. The molecule has 7 nitrogen and oxygen atoms in total. The number of pyridine rings is 1. The lowest BCUT2D eigenvalue weighted by Gasteiger charge is -2.17. The third-order valence-corrected chi connectivity index (χ3v) is 2.74. The quantitative estimate of drug-likeness (QED) is 0.602. The summed E-state index contributed by atoms with van der Waals surface area (Å²) in [6, 6.07) is 1.19. The average Bonchev–Trinajstić information content (AvgIpc) is 2.45. The van der Waals surface area contributed by atoms with Crippen LogP contribution in [0.15, 0.2) is 12.3 Å². The molecule has 20 heavy (non-hydrogen) atoms. The maximum Gasteiger partial charge on any atom is 0.341 e. The predicted octanol–water partition coefficient (Wildman–Crippen LogP) is 0.479. The van der Waals surface area contributed by atoms with Crippen LogP contribution in [0.25, 0.3) is 0 Å². The average molecular weight is 304 g/mol. The fourth-order valence-corrected chi connectivity index (χ4v) is 1.60. The van der Waals surface area contributed by atoms with Gasteiger partial charge in [-0.3, -0.25) is 0 Å². The molecule has 2 N–H and O–H groups in total. The fraction of sp³-hybridized carbons (Fsp3) is 0.417. The Labute approximate surface area is 120 Å². The molecule has 1 rings (SSSR count).